The summed E-state index contributed by atoms with van der Waals surface area (Å²) in [4.78, 5) is 14.4. The molecule has 0 saturated carbocycles. The number of rotatable bonds is 4. The summed E-state index contributed by atoms with van der Waals surface area (Å²) in [5.74, 6) is 1.23. The average Bonchev–Trinajstić information content (AvgIpc) is 3.24. The summed E-state index contributed by atoms with van der Waals surface area (Å²) in [6.07, 6.45) is 2.73. The number of aromatic nitrogens is 2. The van der Waals surface area contributed by atoms with Crippen molar-refractivity contribution >= 4 is 21.7 Å². The molecule has 10 heteroatoms. The number of hydrogen-bond donors (Lipinski definition) is 1. The number of amides is 1. The lowest BCUT2D eigenvalue weighted by atomic mass is 10.1. The van der Waals surface area contributed by atoms with Crippen molar-refractivity contribution < 1.29 is 22.7 Å². The zero-order chi connectivity index (χ0) is 18.3. The SMILES string of the molecule is Cn1nccc1N1CCC[C@@H](NS(=O)(=O)c2ccc3c(c2)OCO3)C1=O. The van der Waals surface area contributed by atoms with Crippen LogP contribution in [0.4, 0.5) is 5.82 Å². The van der Waals surface area contributed by atoms with Crippen LogP contribution in [0.3, 0.4) is 0 Å². The maximum absolute atomic E-state index is 12.8. The van der Waals surface area contributed by atoms with Gasteiger partial charge >= 0.3 is 0 Å². The van der Waals surface area contributed by atoms with Crippen LogP contribution in [0.5, 0.6) is 11.5 Å². The van der Waals surface area contributed by atoms with E-state index in [1.165, 1.54) is 12.1 Å². The minimum atomic E-state index is -3.87. The first-order chi connectivity index (χ1) is 12.5. The molecule has 1 aromatic carbocycles. The normalized spacial score (nSPS) is 19.8. The predicted octanol–water partition coefficient (Wildman–Crippen LogP) is 0.623. The summed E-state index contributed by atoms with van der Waals surface area (Å²) in [5, 5.41) is 4.07. The molecule has 2 aliphatic rings. The van der Waals surface area contributed by atoms with Crippen molar-refractivity contribution in [3.63, 3.8) is 0 Å². The monoisotopic (exact) mass is 378 g/mol. The van der Waals surface area contributed by atoms with Gasteiger partial charge in [0, 0.05) is 25.7 Å². The third-order valence-electron chi connectivity index (χ3n) is 4.46. The third kappa shape index (κ3) is 2.90. The van der Waals surface area contributed by atoms with Crippen LogP contribution in [0, 0.1) is 0 Å². The Labute approximate surface area is 150 Å². The molecule has 0 spiro atoms. The molecule has 26 heavy (non-hydrogen) atoms. The van der Waals surface area contributed by atoms with E-state index >= 15 is 0 Å². The van der Waals surface area contributed by atoms with Crippen LogP contribution in [0.2, 0.25) is 0 Å². The Hall–Kier alpha value is -2.59. The van der Waals surface area contributed by atoms with E-state index in [-0.39, 0.29) is 17.6 Å². The van der Waals surface area contributed by atoms with Crippen molar-refractivity contribution in [3.8, 4) is 11.5 Å². The van der Waals surface area contributed by atoms with Gasteiger partial charge in [0.05, 0.1) is 11.1 Å². The highest BCUT2D eigenvalue weighted by molar-refractivity contribution is 7.89. The molecule has 1 N–H and O–H groups in total. The van der Waals surface area contributed by atoms with Crippen LogP contribution in [0.25, 0.3) is 0 Å². The van der Waals surface area contributed by atoms with Gasteiger partial charge in [-0.1, -0.05) is 0 Å². The number of fused-ring (bicyclic) bond motifs is 1. The third-order valence-corrected chi connectivity index (χ3v) is 5.93. The number of nitrogens with one attached hydrogen (secondary N) is 1. The van der Waals surface area contributed by atoms with Gasteiger partial charge in [-0.3, -0.25) is 14.4 Å². The molecular weight excluding hydrogens is 360 g/mol. The molecule has 0 aliphatic carbocycles. The van der Waals surface area contributed by atoms with E-state index in [4.69, 9.17) is 9.47 Å². The second-order valence-corrected chi connectivity index (χ2v) is 7.85. The Morgan fingerprint density at radius 2 is 2.04 bits per heavy atom. The van der Waals surface area contributed by atoms with Gasteiger partial charge < -0.3 is 9.47 Å². The number of aryl methyl sites for hydroxylation is 1. The second-order valence-electron chi connectivity index (χ2n) is 6.13. The number of piperidine rings is 1. The van der Waals surface area contributed by atoms with E-state index in [1.807, 2.05) is 0 Å². The van der Waals surface area contributed by atoms with Crippen LogP contribution in [-0.2, 0) is 21.9 Å². The van der Waals surface area contributed by atoms with Crippen LogP contribution in [-0.4, -0.2) is 43.5 Å². The summed E-state index contributed by atoms with van der Waals surface area (Å²) in [6, 6.07) is 5.28. The van der Waals surface area contributed by atoms with E-state index < -0.39 is 16.1 Å². The molecular formula is C16H18N4O5S. The maximum atomic E-state index is 12.8. The van der Waals surface area contributed by atoms with Gasteiger partial charge in [-0.05, 0) is 25.0 Å². The molecule has 4 rings (SSSR count). The molecule has 1 saturated heterocycles. The maximum Gasteiger partial charge on any atom is 0.246 e. The summed E-state index contributed by atoms with van der Waals surface area (Å²) in [6.45, 7) is 0.591. The molecule has 9 nitrogen and oxygen atoms in total. The molecule has 2 aromatic rings. The Balaban J connectivity index is 1.56. The lowest BCUT2D eigenvalue weighted by molar-refractivity contribution is -0.121. The zero-order valence-electron chi connectivity index (χ0n) is 14.1. The van der Waals surface area contributed by atoms with Crippen molar-refractivity contribution in [1.82, 2.24) is 14.5 Å². The van der Waals surface area contributed by atoms with Gasteiger partial charge in [0.2, 0.25) is 22.7 Å². The Kier molecular flexibility index (Phi) is 4.08. The fraction of sp³-hybridized carbons (Fsp3) is 0.375. The molecule has 1 aromatic heterocycles. The molecule has 3 heterocycles. The standard InChI is InChI=1S/C16H18N4O5S/c1-19-15(6-7-17-19)20-8-2-3-12(16(20)21)18-26(22,23)11-4-5-13-14(9-11)25-10-24-13/h4-7,9,12,18H,2-3,8,10H2,1H3/t12-/m1/s1. The van der Waals surface area contributed by atoms with Crippen LogP contribution in [0.1, 0.15) is 12.8 Å². The lowest BCUT2D eigenvalue weighted by Crippen LogP contribution is -2.52. The highest BCUT2D eigenvalue weighted by Gasteiger charge is 2.34. The number of anilines is 1. The largest absolute Gasteiger partial charge is 0.454 e. The molecule has 1 fully saturated rings. The van der Waals surface area contributed by atoms with Crippen molar-refractivity contribution in [1.29, 1.82) is 0 Å². The van der Waals surface area contributed by atoms with E-state index in [1.54, 1.807) is 35.0 Å². The average molecular weight is 378 g/mol. The summed E-state index contributed by atoms with van der Waals surface area (Å²) < 4.78 is 39.9. The number of benzene rings is 1. The molecule has 1 amide bonds. The predicted molar refractivity (Wildman–Crippen MR) is 91.5 cm³/mol. The zero-order valence-corrected chi connectivity index (χ0v) is 14.9. The first-order valence-electron chi connectivity index (χ1n) is 8.17. The number of hydrogen-bond acceptors (Lipinski definition) is 6. The first kappa shape index (κ1) is 16.9. The van der Waals surface area contributed by atoms with Crippen molar-refractivity contribution in [2.45, 2.75) is 23.8 Å². The molecule has 0 bridgehead atoms. The van der Waals surface area contributed by atoms with Gasteiger partial charge in [-0.25, -0.2) is 8.42 Å². The van der Waals surface area contributed by atoms with Crippen LogP contribution >= 0.6 is 0 Å². The highest BCUT2D eigenvalue weighted by Crippen LogP contribution is 2.34. The number of carbonyl (C=O) groups is 1. The molecule has 2 aliphatic heterocycles. The Morgan fingerprint density at radius 3 is 2.81 bits per heavy atom. The number of nitrogens with zero attached hydrogens (tertiary/aromatic N) is 3. The number of sulfonamides is 1. The van der Waals surface area contributed by atoms with Crippen molar-refractivity contribution in [2.24, 2.45) is 7.05 Å². The molecule has 0 radical (unpaired) electrons. The van der Waals surface area contributed by atoms with E-state index in [9.17, 15) is 13.2 Å². The number of ether oxygens (including phenoxy) is 2. The van der Waals surface area contributed by atoms with Gasteiger partial charge in [0.15, 0.2) is 11.5 Å². The Bertz CT molecular complexity index is 955. The summed E-state index contributed by atoms with van der Waals surface area (Å²) in [7, 11) is -2.13. The smallest absolute Gasteiger partial charge is 0.246 e. The van der Waals surface area contributed by atoms with Gasteiger partial charge in [0.25, 0.3) is 0 Å². The second kappa shape index (κ2) is 6.29. The fourth-order valence-corrected chi connectivity index (χ4v) is 4.38. The van der Waals surface area contributed by atoms with Crippen LogP contribution < -0.4 is 19.1 Å². The topological polar surface area (TPSA) is 103 Å². The summed E-state index contributed by atoms with van der Waals surface area (Å²) >= 11 is 0. The van der Waals surface area contributed by atoms with Gasteiger partial charge in [-0.15, -0.1) is 0 Å². The minimum absolute atomic E-state index is 0.0345. The quantitative estimate of drug-likeness (QED) is 0.837. The van der Waals surface area contributed by atoms with Gasteiger partial charge in [0.1, 0.15) is 11.9 Å². The summed E-state index contributed by atoms with van der Waals surface area (Å²) in [5.41, 5.74) is 0. The first-order valence-corrected chi connectivity index (χ1v) is 9.65. The molecule has 0 unspecified atom stereocenters. The Morgan fingerprint density at radius 1 is 1.23 bits per heavy atom. The van der Waals surface area contributed by atoms with Gasteiger partial charge in [-0.2, -0.15) is 9.82 Å². The van der Waals surface area contributed by atoms with Crippen molar-refractivity contribution in [3.05, 3.63) is 30.5 Å². The fourth-order valence-electron chi connectivity index (χ4n) is 3.14. The van der Waals surface area contributed by atoms with Crippen LogP contribution in [0.15, 0.2) is 35.4 Å². The molecule has 1 atom stereocenters. The molecule has 138 valence electrons. The number of carbonyl (C=O) groups excluding carboxylic acids is 1. The highest BCUT2D eigenvalue weighted by atomic mass is 32.2. The van der Waals surface area contributed by atoms with Crippen molar-refractivity contribution in [2.75, 3.05) is 18.2 Å². The van der Waals surface area contributed by atoms with E-state index in [2.05, 4.69) is 9.82 Å². The van der Waals surface area contributed by atoms with E-state index in [0.717, 1.165) is 0 Å². The minimum Gasteiger partial charge on any atom is -0.454 e. The lowest BCUT2D eigenvalue weighted by Gasteiger charge is -2.32. The van der Waals surface area contributed by atoms with E-state index in [0.29, 0.717) is 36.7 Å².